The van der Waals surface area contributed by atoms with Crippen LogP contribution in [0, 0.1) is 0 Å². The van der Waals surface area contributed by atoms with Crippen molar-refractivity contribution in [1.82, 2.24) is 0 Å². The highest BCUT2D eigenvalue weighted by molar-refractivity contribution is 7.92. The zero-order valence-electron chi connectivity index (χ0n) is 17.6. The zero-order chi connectivity index (χ0) is 24.3. The van der Waals surface area contributed by atoms with E-state index in [0.717, 1.165) is 24.3 Å². The lowest BCUT2D eigenvalue weighted by molar-refractivity contribution is -0.137. The lowest BCUT2D eigenvalue weighted by Gasteiger charge is -2.12. The fourth-order valence-electron chi connectivity index (χ4n) is 3.16. The first-order valence-electron chi connectivity index (χ1n) is 10.1. The fraction of sp³-hybridized carbons (Fsp3) is 0.174. The second kappa shape index (κ2) is 9.26. The largest absolute Gasteiger partial charge is 0.490 e. The monoisotopic (exact) mass is 492 g/mol. The molecule has 178 valence electrons. The van der Waals surface area contributed by atoms with Gasteiger partial charge in [0.2, 0.25) is 0 Å². The molecule has 3 aromatic rings. The summed E-state index contributed by atoms with van der Waals surface area (Å²) < 4.78 is 77.0. The summed E-state index contributed by atoms with van der Waals surface area (Å²) in [6.07, 6.45) is -3.78. The summed E-state index contributed by atoms with van der Waals surface area (Å²) in [5.41, 5.74) is -0.218. The average molecular weight is 492 g/mol. The second-order valence-electron chi connectivity index (χ2n) is 7.37. The predicted molar refractivity (Wildman–Crippen MR) is 119 cm³/mol. The minimum Gasteiger partial charge on any atom is -0.490 e. The quantitative estimate of drug-likeness (QED) is 0.527. The predicted octanol–water partition coefficient (Wildman–Crippen LogP) is 4.92. The van der Waals surface area contributed by atoms with E-state index in [-0.39, 0.29) is 21.8 Å². The van der Waals surface area contributed by atoms with Gasteiger partial charge >= 0.3 is 6.18 Å². The van der Waals surface area contributed by atoms with Crippen LogP contribution in [0.4, 0.5) is 24.5 Å². The number of nitrogens with one attached hydrogen (secondary N) is 2. The molecule has 0 saturated carbocycles. The van der Waals surface area contributed by atoms with E-state index in [0.29, 0.717) is 31.1 Å². The SMILES string of the molecule is O=C(Nc1ccc(C(F)(F)F)cc1)c1ccc(NS(=O)(=O)c2ccc3c(c2)OCCCO3)cc1. The van der Waals surface area contributed by atoms with E-state index in [1.165, 1.54) is 42.5 Å². The third kappa shape index (κ3) is 5.42. The van der Waals surface area contributed by atoms with Crippen molar-refractivity contribution in [1.29, 1.82) is 0 Å². The molecule has 2 N–H and O–H groups in total. The van der Waals surface area contributed by atoms with Crippen molar-refractivity contribution in [2.24, 2.45) is 0 Å². The third-order valence-corrected chi connectivity index (χ3v) is 6.28. The Morgan fingerprint density at radius 3 is 2.09 bits per heavy atom. The van der Waals surface area contributed by atoms with Gasteiger partial charge in [0.25, 0.3) is 15.9 Å². The molecule has 34 heavy (non-hydrogen) atoms. The van der Waals surface area contributed by atoms with E-state index in [1.807, 2.05) is 0 Å². The second-order valence-corrected chi connectivity index (χ2v) is 9.05. The van der Waals surface area contributed by atoms with Crippen LogP contribution in [0.5, 0.6) is 11.5 Å². The van der Waals surface area contributed by atoms with E-state index < -0.39 is 27.7 Å². The number of carbonyl (C=O) groups excluding carboxylic acids is 1. The van der Waals surface area contributed by atoms with Crippen LogP contribution >= 0.6 is 0 Å². The maximum Gasteiger partial charge on any atom is 0.416 e. The van der Waals surface area contributed by atoms with E-state index in [2.05, 4.69) is 10.0 Å². The number of carbonyl (C=O) groups is 1. The molecule has 0 bridgehead atoms. The molecule has 0 saturated heterocycles. The molecule has 0 unspecified atom stereocenters. The standard InChI is InChI=1S/C23H19F3N2O5S/c24-23(25,26)16-4-8-17(9-5-16)27-22(29)15-2-6-18(7-3-15)28-34(30,31)19-10-11-20-21(14-19)33-13-1-12-32-20/h2-11,14,28H,1,12-13H2,(H,27,29). The molecule has 0 radical (unpaired) electrons. The van der Waals surface area contributed by atoms with E-state index >= 15 is 0 Å². The van der Waals surface area contributed by atoms with Gasteiger partial charge in [0.1, 0.15) is 0 Å². The number of rotatable bonds is 5. The number of hydrogen-bond donors (Lipinski definition) is 2. The van der Waals surface area contributed by atoms with Crippen molar-refractivity contribution >= 4 is 27.3 Å². The highest BCUT2D eigenvalue weighted by atomic mass is 32.2. The van der Waals surface area contributed by atoms with Crippen LogP contribution in [0.2, 0.25) is 0 Å². The van der Waals surface area contributed by atoms with Crippen LogP contribution in [0.25, 0.3) is 0 Å². The van der Waals surface area contributed by atoms with Crippen molar-refractivity contribution in [2.75, 3.05) is 23.3 Å². The molecule has 0 fully saturated rings. The summed E-state index contributed by atoms with van der Waals surface area (Å²) in [7, 11) is -3.93. The van der Waals surface area contributed by atoms with Gasteiger partial charge in [-0.3, -0.25) is 9.52 Å². The summed E-state index contributed by atoms with van der Waals surface area (Å²) >= 11 is 0. The Morgan fingerprint density at radius 1 is 0.824 bits per heavy atom. The molecule has 3 aromatic carbocycles. The number of anilines is 2. The van der Waals surface area contributed by atoms with Gasteiger partial charge in [0.05, 0.1) is 23.7 Å². The van der Waals surface area contributed by atoms with Crippen LogP contribution in [-0.4, -0.2) is 27.5 Å². The highest BCUT2D eigenvalue weighted by Gasteiger charge is 2.30. The van der Waals surface area contributed by atoms with Crippen LogP contribution in [-0.2, 0) is 16.2 Å². The number of alkyl halides is 3. The summed E-state index contributed by atoms with van der Waals surface area (Å²) in [5.74, 6) is 0.257. The molecular weight excluding hydrogens is 473 g/mol. The third-order valence-electron chi connectivity index (χ3n) is 4.90. The molecule has 1 heterocycles. The smallest absolute Gasteiger partial charge is 0.416 e. The van der Waals surface area contributed by atoms with Gasteiger partial charge in [-0.1, -0.05) is 0 Å². The molecular formula is C23H19F3N2O5S. The van der Waals surface area contributed by atoms with Crippen molar-refractivity contribution in [3.05, 3.63) is 77.9 Å². The molecule has 7 nitrogen and oxygen atoms in total. The Labute approximate surface area is 193 Å². The highest BCUT2D eigenvalue weighted by Crippen LogP contribution is 2.33. The van der Waals surface area contributed by atoms with Crippen LogP contribution in [0.1, 0.15) is 22.3 Å². The molecule has 1 aliphatic heterocycles. The van der Waals surface area contributed by atoms with E-state index in [4.69, 9.17) is 9.47 Å². The van der Waals surface area contributed by atoms with Crippen molar-refractivity contribution in [2.45, 2.75) is 17.5 Å². The molecule has 1 amide bonds. The van der Waals surface area contributed by atoms with E-state index in [1.54, 1.807) is 0 Å². The van der Waals surface area contributed by atoms with Crippen molar-refractivity contribution in [3.63, 3.8) is 0 Å². The Bertz CT molecular complexity index is 1290. The molecule has 0 spiro atoms. The fourth-order valence-corrected chi connectivity index (χ4v) is 4.23. The first kappa shape index (κ1) is 23.4. The number of fused-ring (bicyclic) bond motifs is 1. The zero-order valence-corrected chi connectivity index (χ0v) is 18.4. The summed E-state index contributed by atoms with van der Waals surface area (Å²) in [5, 5.41) is 2.49. The van der Waals surface area contributed by atoms with Gasteiger partial charge < -0.3 is 14.8 Å². The minimum absolute atomic E-state index is 0.0131. The summed E-state index contributed by atoms with van der Waals surface area (Å²) in [6, 6.07) is 14.0. The Kier molecular flexibility index (Phi) is 6.38. The van der Waals surface area contributed by atoms with Gasteiger partial charge in [-0.15, -0.1) is 0 Å². The number of amides is 1. The van der Waals surface area contributed by atoms with Crippen LogP contribution in [0.3, 0.4) is 0 Å². The lowest BCUT2D eigenvalue weighted by atomic mass is 10.1. The molecule has 0 atom stereocenters. The molecule has 0 aromatic heterocycles. The van der Waals surface area contributed by atoms with Crippen LogP contribution < -0.4 is 19.5 Å². The lowest BCUT2D eigenvalue weighted by Crippen LogP contribution is -2.14. The van der Waals surface area contributed by atoms with Gasteiger partial charge in [-0.25, -0.2) is 8.42 Å². The van der Waals surface area contributed by atoms with Gasteiger partial charge in [-0.2, -0.15) is 13.2 Å². The Balaban J connectivity index is 1.43. The van der Waals surface area contributed by atoms with Gasteiger partial charge in [0, 0.05) is 29.4 Å². The van der Waals surface area contributed by atoms with Crippen molar-refractivity contribution in [3.8, 4) is 11.5 Å². The van der Waals surface area contributed by atoms with Crippen LogP contribution in [0.15, 0.2) is 71.6 Å². The maximum atomic E-state index is 12.8. The summed E-state index contributed by atoms with van der Waals surface area (Å²) in [4.78, 5) is 12.4. The van der Waals surface area contributed by atoms with Gasteiger partial charge in [0.15, 0.2) is 11.5 Å². The number of ether oxygens (including phenoxy) is 2. The number of benzene rings is 3. The molecule has 0 aliphatic carbocycles. The molecule has 4 rings (SSSR count). The number of hydrogen-bond acceptors (Lipinski definition) is 5. The Morgan fingerprint density at radius 2 is 1.44 bits per heavy atom. The summed E-state index contributed by atoms with van der Waals surface area (Å²) in [6.45, 7) is 0.899. The topological polar surface area (TPSA) is 93.7 Å². The van der Waals surface area contributed by atoms with Gasteiger partial charge in [-0.05, 0) is 60.7 Å². The van der Waals surface area contributed by atoms with Crippen molar-refractivity contribution < 1.29 is 35.9 Å². The first-order valence-corrected chi connectivity index (χ1v) is 11.6. The normalized spacial score (nSPS) is 13.6. The average Bonchev–Trinajstić information content (AvgIpc) is 3.04. The first-order chi connectivity index (χ1) is 16.1. The van der Waals surface area contributed by atoms with E-state index in [9.17, 15) is 26.4 Å². The minimum atomic E-state index is -4.47. The Hall–Kier alpha value is -3.73. The molecule has 11 heteroatoms. The molecule has 1 aliphatic rings. The number of halogens is 3. The number of sulfonamides is 1. The maximum absolute atomic E-state index is 12.8.